The van der Waals surface area contributed by atoms with Gasteiger partial charge in [0.25, 0.3) is 0 Å². The number of hydrogen-bond acceptors (Lipinski definition) is 1. The van der Waals surface area contributed by atoms with E-state index < -0.39 is 0 Å². The van der Waals surface area contributed by atoms with Gasteiger partial charge in [-0.25, -0.2) is 0 Å². The Labute approximate surface area is 61.3 Å². The maximum atomic E-state index is 5.39. The molecular formula is C7H18OSi. The van der Waals surface area contributed by atoms with Gasteiger partial charge >= 0.3 is 0 Å². The van der Waals surface area contributed by atoms with E-state index in [9.17, 15) is 0 Å². The minimum absolute atomic E-state index is 0.529. The van der Waals surface area contributed by atoms with E-state index in [2.05, 4.69) is 20.8 Å². The summed E-state index contributed by atoms with van der Waals surface area (Å²) in [5, 5.41) is 0. The van der Waals surface area contributed by atoms with E-state index in [4.69, 9.17) is 4.43 Å². The molecule has 0 aromatic rings. The summed E-state index contributed by atoms with van der Waals surface area (Å²) in [4.78, 5) is 0. The van der Waals surface area contributed by atoms with Crippen LogP contribution in [0.2, 0.25) is 0 Å². The van der Waals surface area contributed by atoms with Gasteiger partial charge < -0.3 is 4.43 Å². The summed E-state index contributed by atoms with van der Waals surface area (Å²) in [5.74, 6) is 0.697. The van der Waals surface area contributed by atoms with Crippen LogP contribution >= 0.6 is 0 Å². The zero-order valence-corrected chi connectivity index (χ0v) is 8.98. The fourth-order valence-electron chi connectivity index (χ4n) is 1.01. The smallest absolute Gasteiger partial charge is 0.146 e. The highest BCUT2D eigenvalue weighted by Crippen LogP contribution is 2.10. The fourth-order valence-corrected chi connectivity index (χ4v) is 1.79. The van der Waals surface area contributed by atoms with E-state index in [1.807, 2.05) is 0 Å². The predicted octanol–water partition coefficient (Wildman–Crippen LogP) is 1.11. The molecule has 0 aliphatic heterocycles. The molecule has 2 heteroatoms. The molecule has 0 spiro atoms. The zero-order valence-electron chi connectivity index (χ0n) is 6.98. The van der Waals surface area contributed by atoms with Crippen LogP contribution in [-0.2, 0) is 4.43 Å². The Balaban J connectivity index is 3.41. The summed E-state index contributed by atoms with van der Waals surface area (Å²) in [5.41, 5.74) is 0. The lowest BCUT2D eigenvalue weighted by Crippen LogP contribution is -2.17. The molecule has 9 heavy (non-hydrogen) atoms. The lowest BCUT2D eigenvalue weighted by molar-refractivity contribution is 0.155. The van der Waals surface area contributed by atoms with Crippen LogP contribution in [0.4, 0.5) is 0 Å². The SMILES string of the molecule is CCCC(O[SiH3])C(C)C. The van der Waals surface area contributed by atoms with Crippen LogP contribution in [-0.4, -0.2) is 16.6 Å². The Morgan fingerprint density at radius 2 is 2.00 bits per heavy atom. The van der Waals surface area contributed by atoms with E-state index in [0.29, 0.717) is 12.0 Å². The Kier molecular flexibility index (Phi) is 5.10. The molecule has 0 N–H and O–H groups in total. The van der Waals surface area contributed by atoms with Crippen molar-refractivity contribution in [2.75, 3.05) is 0 Å². The summed E-state index contributed by atoms with van der Waals surface area (Å²) in [7, 11) is 0.884. The van der Waals surface area contributed by atoms with Gasteiger partial charge in [-0.05, 0) is 12.3 Å². The van der Waals surface area contributed by atoms with Crippen molar-refractivity contribution < 1.29 is 4.43 Å². The first kappa shape index (κ1) is 9.18. The van der Waals surface area contributed by atoms with Crippen LogP contribution in [0.5, 0.6) is 0 Å². The van der Waals surface area contributed by atoms with Crippen molar-refractivity contribution in [2.24, 2.45) is 5.92 Å². The molecule has 0 saturated heterocycles. The van der Waals surface area contributed by atoms with Crippen molar-refractivity contribution in [3.63, 3.8) is 0 Å². The Morgan fingerprint density at radius 3 is 2.11 bits per heavy atom. The fraction of sp³-hybridized carbons (Fsp3) is 1.00. The third-order valence-corrected chi connectivity index (χ3v) is 2.23. The predicted molar refractivity (Wildman–Crippen MR) is 44.6 cm³/mol. The van der Waals surface area contributed by atoms with Crippen LogP contribution in [0.15, 0.2) is 0 Å². The number of rotatable bonds is 4. The summed E-state index contributed by atoms with van der Waals surface area (Å²) in [6.07, 6.45) is 2.99. The van der Waals surface area contributed by atoms with Gasteiger partial charge in [0.2, 0.25) is 0 Å². The Hall–Kier alpha value is 0.177. The monoisotopic (exact) mass is 146 g/mol. The standard InChI is InChI=1S/C7H18OSi/c1-4-5-7(8-9)6(2)3/h6-7H,4-5H2,1-3,9H3. The summed E-state index contributed by atoms with van der Waals surface area (Å²) < 4.78 is 5.39. The second-order valence-electron chi connectivity index (χ2n) is 2.81. The first-order valence-electron chi connectivity index (χ1n) is 3.75. The highest BCUT2D eigenvalue weighted by Gasteiger charge is 2.08. The maximum Gasteiger partial charge on any atom is 0.146 e. The van der Waals surface area contributed by atoms with Crippen molar-refractivity contribution in [3.05, 3.63) is 0 Å². The molecule has 0 aliphatic rings. The first-order valence-corrected chi connectivity index (χ1v) is 4.56. The van der Waals surface area contributed by atoms with Gasteiger partial charge in [0.05, 0.1) is 0 Å². The van der Waals surface area contributed by atoms with E-state index in [-0.39, 0.29) is 0 Å². The molecule has 0 radical (unpaired) electrons. The molecule has 0 bridgehead atoms. The molecular weight excluding hydrogens is 128 g/mol. The van der Waals surface area contributed by atoms with E-state index in [1.165, 1.54) is 12.8 Å². The lowest BCUT2D eigenvalue weighted by atomic mass is 10.0. The molecule has 0 amide bonds. The van der Waals surface area contributed by atoms with E-state index >= 15 is 0 Å². The average Bonchev–Trinajstić information content (AvgIpc) is 1.82. The van der Waals surface area contributed by atoms with E-state index in [0.717, 1.165) is 10.5 Å². The minimum Gasteiger partial charge on any atom is -0.425 e. The third-order valence-electron chi connectivity index (χ3n) is 1.62. The van der Waals surface area contributed by atoms with Gasteiger partial charge in [-0.15, -0.1) is 0 Å². The van der Waals surface area contributed by atoms with Crippen LogP contribution in [0.1, 0.15) is 33.6 Å². The maximum absolute atomic E-state index is 5.39. The van der Waals surface area contributed by atoms with Crippen LogP contribution in [0.25, 0.3) is 0 Å². The number of hydrogen-bond donors (Lipinski definition) is 0. The first-order chi connectivity index (χ1) is 4.22. The second kappa shape index (κ2) is 5.00. The lowest BCUT2D eigenvalue weighted by Gasteiger charge is -2.18. The molecule has 0 heterocycles. The Morgan fingerprint density at radius 1 is 1.44 bits per heavy atom. The summed E-state index contributed by atoms with van der Waals surface area (Å²) in [6, 6.07) is 0. The molecule has 0 aliphatic carbocycles. The van der Waals surface area contributed by atoms with Crippen molar-refractivity contribution in [1.29, 1.82) is 0 Å². The third kappa shape index (κ3) is 3.70. The highest BCUT2D eigenvalue weighted by atomic mass is 28.2. The molecule has 1 atom stereocenters. The van der Waals surface area contributed by atoms with Crippen LogP contribution in [0.3, 0.4) is 0 Å². The summed E-state index contributed by atoms with van der Waals surface area (Å²) in [6.45, 7) is 6.65. The average molecular weight is 146 g/mol. The van der Waals surface area contributed by atoms with Gasteiger partial charge in [-0.1, -0.05) is 27.2 Å². The molecule has 0 aromatic carbocycles. The molecule has 0 saturated carbocycles. The summed E-state index contributed by atoms with van der Waals surface area (Å²) >= 11 is 0. The zero-order chi connectivity index (χ0) is 7.28. The molecule has 0 rings (SSSR count). The van der Waals surface area contributed by atoms with Gasteiger partial charge in [-0.3, -0.25) is 0 Å². The Bertz CT molecular complexity index is 63.9. The van der Waals surface area contributed by atoms with Crippen molar-refractivity contribution >= 4 is 10.5 Å². The molecule has 0 fully saturated rings. The van der Waals surface area contributed by atoms with Crippen LogP contribution < -0.4 is 0 Å². The van der Waals surface area contributed by atoms with Gasteiger partial charge in [0, 0.05) is 6.10 Å². The van der Waals surface area contributed by atoms with Crippen molar-refractivity contribution in [3.8, 4) is 0 Å². The van der Waals surface area contributed by atoms with Crippen LogP contribution in [0, 0.1) is 5.92 Å². The molecule has 1 nitrogen and oxygen atoms in total. The molecule has 56 valence electrons. The van der Waals surface area contributed by atoms with Gasteiger partial charge in [-0.2, -0.15) is 0 Å². The highest BCUT2D eigenvalue weighted by molar-refractivity contribution is 5.98. The minimum atomic E-state index is 0.529. The second-order valence-corrected chi connectivity index (χ2v) is 3.28. The van der Waals surface area contributed by atoms with Crippen molar-refractivity contribution in [1.82, 2.24) is 0 Å². The normalized spacial score (nSPS) is 14.7. The largest absolute Gasteiger partial charge is 0.425 e. The molecule has 1 unspecified atom stereocenters. The van der Waals surface area contributed by atoms with Gasteiger partial charge in [0.15, 0.2) is 0 Å². The van der Waals surface area contributed by atoms with E-state index in [1.54, 1.807) is 0 Å². The molecule has 0 aromatic heterocycles. The van der Waals surface area contributed by atoms with Gasteiger partial charge in [0.1, 0.15) is 10.5 Å². The topological polar surface area (TPSA) is 9.23 Å². The van der Waals surface area contributed by atoms with Crippen molar-refractivity contribution in [2.45, 2.75) is 39.7 Å². The quantitative estimate of drug-likeness (QED) is 0.540.